The van der Waals surface area contributed by atoms with E-state index in [4.69, 9.17) is 0 Å². The minimum Gasteiger partial charge on any atom is -0.317 e. The molecule has 5 heteroatoms. The van der Waals surface area contributed by atoms with Crippen molar-refractivity contribution in [3.63, 3.8) is 0 Å². The maximum Gasteiger partial charge on any atom is 0.322 e. The highest BCUT2D eigenvalue weighted by Crippen LogP contribution is 2.33. The van der Waals surface area contributed by atoms with Crippen molar-refractivity contribution in [1.29, 1.82) is 0 Å². The maximum absolute atomic E-state index is 12.8. The van der Waals surface area contributed by atoms with E-state index in [1.165, 1.54) is 22.6 Å². The molecule has 1 unspecified atom stereocenters. The van der Waals surface area contributed by atoms with Crippen molar-refractivity contribution >= 4 is 23.1 Å². The Labute approximate surface area is 121 Å². The molecule has 1 N–H and O–H groups in total. The van der Waals surface area contributed by atoms with Gasteiger partial charge in [0.05, 0.1) is 6.04 Å². The number of anilines is 1. The van der Waals surface area contributed by atoms with E-state index in [2.05, 4.69) is 16.8 Å². The highest BCUT2D eigenvalue weighted by atomic mass is 32.1. The molecule has 2 amide bonds. The van der Waals surface area contributed by atoms with E-state index in [0.29, 0.717) is 12.2 Å². The standard InChI is InChI=1S/C15H15FN2OS/c1-10-13-7-9-20-14(13)6-8-18(10)15(19)17-12-4-2-11(16)3-5-12/h2-5,7,9-10H,6,8H2,1H3,(H,17,19). The number of thiophene rings is 1. The van der Waals surface area contributed by atoms with Crippen molar-refractivity contribution < 1.29 is 9.18 Å². The molecule has 0 bridgehead atoms. The summed E-state index contributed by atoms with van der Waals surface area (Å²) in [5.74, 6) is -0.308. The molecular formula is C15H15FN2OS. The second kappa shape index (κ2) is 5.25. The molecule has 1 aromatic carbocycles. The Kier molecular flexibility index (Phi) is 3.44. The van der Waals surface area contributed by atoms with E-state index in [9.17, 15) is 9.18 Å². The predicted octanol–water partition coefficient (Wildman–Crippen LogP) is 4.04. The lowest BCUT2D eigenvalue weighted by atomic mass is 10.0. The van der Waals surface area contributed by atoms with Gasteiger partial charge in [-0.15, -0.1) is 11.3 Å². The summed E-state index contributed by atoms with van der Waals surface area (Å²) in [5, 5.41) is 4.89. The molecule has 0 fully saturated rings. The Morgan fingerprint density at radius 1 is 1.35 bits per heavy atom. The van der Waals surface area contributed by atoms with Gasteiger partial charge in [0.15, 0.2) is 0 Å². The van der Waals surface area contributed by atoms with Crippen LogP contribution in [-0.2, 0) is 6.42 Å². The van der Waals surface area contributed by atoms with E-state index in [1.807, 2.05) is 11.8 Å². The minimum absolute atomic E-state index is 0.0745. The van der Waals surface area contributed by atoms with Gasteiger partial charge in [0.1, 0.15) is 5.82 Å². The zero-order chi connectivity index (χ0) is 14.1. The van der Waals surface area contributed by atoms with Crippen LogP contribution in [0.25, 0.3) is 0 Å². The van der Waals surface area contributed by atoms with Crippen LogP contribution in [-0.4, -0.2) is 17.5 Å². The molecule has 0 aliphatic carbocycles. The summed E-state index contributed by atoms with van der Waals surface area (Å²) in [4.78, 5) is 15.5. The van der Waals surface area contributed by atoms with E-state index in [1.54, 1.807) is 23.5 Å². The molecule has 3 nitrogen and oxygen atoms in total. The number of carbonyl (C=O) groups is 1. The molecule has 1 aromatic heterocycles. The van der Waals surface area contributed by atoms with Crippen molar-refractivity contribution in [2.24, 2.45) is 0 Å². The number of nitrogens with one attached hydrogen (secondary N) is 1. The van der Waals surface area contributed by atoms with Crippen molar-refractivity contribution in [3.8, 4) is 0 Å². The monoisotopic (exact) mass is 290 g/mol. The molecule has 0 radical (unpaired) electrons. The van der Waals surface area contributed by atoms with Crippen LogP contribution in [0.15, 0.2) is 35.7 Å². The fourth-order valence-electron chi connectivity index (χ4n) is 2.52. The molecule has 104 valence electrons. The number of urea groups is 1. The molecule has 1 aliphatic heterocycles. The summed E-state index contributed by atoms with van der Waals surface area (Å²) < 4.78 is 12.8. The molecule has 0 saturated carbocycles. The third-order valence-electron chi connectivity index (χ3n) is 3.63. The molecular weight excluding hydrogens is 275 g/mol. The number of rotatable bonds is 1. The van der Waals surface area contributed by atoms with Gasteiger partial charge in [0, 0.05) is 17.1 Å². The first-order valence-electron chi connectivity index (χ1n) is 6.54. The van der Waals surface area contributed by atoms with Crippen molar-refractivity contribution in [1.82, 2.24) is 4.90 Å². The first kappa shape index (κ1) is 13.1. The van der Waals surface area contributed by atoms with Gasteiger partial charge >= 0.3 is 6.03 Å². The normalized spacial score (nSPS) is 17.7. The van der Waals surface area contributed by atoms with Gasteiger partial charge in [0.25, 0.3) is 0 Å². The Hall–Kier alpha value is -1.88. The van der Waals surface area contributed by atoms with Gasteiger partial charge in [-0.25, -0.2) is 9.18 Å². The van der Waals surface area contributed by atoms with Crippen molar-refractivity contribution in [3.05, 3.63) is 52.0 Å². The Morgan fingerprint density at radius 3 is 2.85 bits per heavy atom. The number of carbonyl (C=O) groups excluding carboxylic acids is 1. The van der Waals surface area contributed by atoms with Crippen LogP contribution in [0.1, 0.15) is 23.4 Å². The molecule has 2 aromatic rings. The van der Waals surface area contributed by atoms with Crippen LogP contribution in [0.4, 0.5) is 14.9 Å². The number of nitrogens with zero attached hydrogens (tertiary/aromatic N) is 1. The van der Waals surface area contributed by atoms with Crippen molar-refractivity contribution in [2.75, 3.05) is 11.9 Å². The van der Waals surface area contributed by atoms with Crippen molar-refractivity contribution in [2.45, 2.75) is 19.4 Å². The Morgan fingerprint density at radius 2 is 2.10 bits per heavy atom. The maximum atomic E-state index is 12.8. The van der Waals surface area contributed by atoms with E-state index >= 15 is 0 Å². The smallest absolute Gasteiger partial charge is 0.317 e. The van der Waals surface area contributed by atoms with Crippen LogP contribution in [0.3, 0.4) is 0 Å². The average Bonchev–Trinajstić information content (AvgIpc) is 2.91. The molecule has 20 heavy (non-hydrogen) atoms. The number of hydrogen-bond acceptors (Lipinski definition) is 2. The van der Waals surface area contributed by atoms with Crippen LogP contribution >= 0.6 is 11.3 Å². The Balaban J connectivity index is 1.73. The lowest BCUT2D eigenvalue weighted by Gasteiger charge is -2.33. The van der Waals surface area contributed by atoms with Gasteiger partial charge in [-0.2, -0.15) is 0 Å². The number of benzene rings is 1. The quantitative estimate of drug-likeness (QED) is 0.844. The molecule has 0 spiro atoms. The lowest BCUT2D eigenvalue weighted by Crippen LogP contribution is -2.40. The highest BCUT2D eigenvalue weighted by Gasteiger charge is 2.28. The minimum atomic E-state index is -0.308. The molecule has 0 saturated heterocycles. The third kappa shape index (κ3) is 2.41. The SMILES string of the molecule is CC1c2ccsc2CCN1C(=O)Nc1ccc(F)cc1. The number of halogens is 1. The second-order valence-electron chi connectivity index (χ2n) is 4.86. The zero-order valence-electron chi connectivity index (χ0n) is 11.1. The molecule has 2 heterocycles. The molecule has 1 atom stereocenters. The zero-order valence-corrected chi connectivity index (χ0v) is 11.9. The van der Waals surface area contributed by atoms with E-state index < -0.39 is 0 Å². The predicted molar refractivity (Wildman–Crippen MR) is 78.6 cm³/mol. The summed E-state index contributed by atoms with van der Waals surface area (Å²) in [6.45, 7) is 2.75. The van der Waals surface area contributed by atoms with Crippen LogP contribution < -0.4 is 5.32 Å². The van der Waals surface area contributed by atoms with Gasteiger partial charge < -0.3 is 10.2 Å². The van der Waals surface area contributed by atoms with Crippen LogP contribution in [0.2, 0.25) is 0 Å². The van der Waals surface area contributed by atoms with Gasteiger partial charge in [-0.05, 0) is 54.6 Å². The number of amides is 2. The molecule has 1 aliphatic rings. The molecule has 3 rings (SSSR count). The van der Waals surface area contributed by atoms with Gasteiger partial charge in [-0.3, -0.25) is 0 Å². The van der Waals surface area contributed by atoms with Gasteiger partial charge in [0.2, 0.25) is 0 Å². The first-order chi connectivity index (χ1) is 9.65. The van der Waals surface area contributed by atoms with E-state index in [0.717, 1.165) is 6.42 Å². The number of hydrogen-bond donors (Lipinski definition) is 1. The first-order valence-corrected chi connectivity index (χ1v) is 7.42. The summed E-state index contributed by atoms with van der Waals surface area (Å²) in [5.41, 5.74) is 1.84. The topological polar surface area (TPSA) is 32.3 Å². The third-order valence-corrected chi connectivity index (χ3v) is 4.63. The number of fused-ring (bicyclic) bond motifs is 1. The highest BCUT2D eigenvalue weighted by molar-refractivity contribution is 7.10. The second-order valence-corrected chi connectivity index (χ2v) is 5.86. The lowest BCUT2D eigenvalue weighted by molar-refractivity contribution is 0.189. The summed E-state index contributed by atoms with van der Waals surface area (Å²) in [6, 6.07) is 7.84. The Bertz CT molecular complexity index is 623. The summed E-state index contributed by atoms with van der Waals surface area (Å²) in [6.07, 6.45) is 0.897. The van der Waals surface area contributed by atoms with E-state index in [-0.39, 0.29) is 17.9 Å². The van der Waals surface area contributed by atoms with Gasteiger partial charge in [-0.1, -0.05) is 0 Å². The fraction of sp³-hybridized carbons (Fsp3) is 0.267. The fourth-order valence-corrected chi connectivity index (χ4v) is 3.48. The average molecular weight is 290 g/mol. The summed E-state index contributed by atoms with van der Waals surface area (Å²) >= 11 is 1.75. The summed E-state index contributed by atoms with van der Waals surface area (Å²) in [7, 11) is 0. The largest absolute Gasteiger partial charge is 0.322 e. The van der Waals surface area contributed by atoms with Crippen LogP contribution in [0, 0.1) is 5.82 Å². The van der Waals surface area contributed by atoms with Crippen LogP contribution in [0.5, 0.6) is 0 Å².